The minimum Gasteiger partial charge on any atom is -0.507 e. The zero-order chi connectivity index (χ0) is 42.0. The van der Waals surface area contributed by atoms with Gasteiger partial charge < -0.3 is 58.5 Å². The maximum Gasteiger partial charge on any atom is 0.316 e. The van der Waals surface area contributed by atoms with Crippen LogP contribution < -0.4 is 0 Å². The Bertz CT molecular complexity index is 2010. The van der Waals surface area contributed by atoms with E-state index in [1.165, 1.54) is 12.1 Å². The van der Waals surface area contributed by atoms with E-state index in [0.29, 0.717) is 12.8 Å². The molecule has 0 spiro atoms. The average molecular weight is 810 g/mol. The Balaban J connectivity index is 1.14. The van der Waals surface area contributed by atoms with Crippen LogP contribution in [-0.2, 0) is 42.7 Å². The highest BCUT2D eigenvalue weighted by Gasteiger charge is 2.53. The topological polar surface area (TPSA) is 217 Å². The van der Waals surface area contributed by atoms with Crippen LogP contribution in [0.5, 0.6) is 17.2 Å². The van der Waals surface area contributed by atoms with E-state index >= 15 is 0 Å². The number of benzene rings is 2. The summed E-state index contributed by atoms with van der Waals surface area (Å²) in [7, 11) is 4.94. The number of rotatable bonds is 9. The number of esters is 1. The van der Waals surface area contributed by atoms with Crippen molar-refractivity contribution in [1.82, 2.24) is 4.90 Å². The van der Waals surface area contributed by atoms with E-state index < -0.39 is 106 Å². The normalized spacial score (nSPS) is 34.7. The molecule has 16 nitrogen and oxygen atoms in total. The van der Waals surface area contributed by atoms with Gasteiger partial charge in [0.2, 0.25) is 5.78 Å². The molecule has 2 fully saturated rings. The van der Waals surface area contributed by atoms with Crippen molar-refractivity contribution < 1.29 is 72.8 Å². The lowest BCUT2D eigenvalue weighted by molar-refractivity contribution is -0.308. The molecule has 3 heterocycles. The van der Waals surface area contributed by atoms with Gasteiger partial charge in [-0.1, -0.05) is 6.92 Å². The number of likely N-dealkylation sites (N-methyl/N-ethyl adjacent to an activating group) is 1. The van der Waals surface area contributed by atoms with E-state index in [9.17, 15) is 39.6 Å². The molecule has 7 rings (SSSR count). The van der Waals surface area contributed by atoms with Crippen molar-refractivity contribution in [2.24, 2.45) is 0 Å². The van der Waals surface area contributed by atoms with Crippen molar-refractivity contribution in [3.63, 3.8) is 0 Å². The Hall–Kier alpha value is -4.26. The second kappa shape index (κ2) is 16.1. The molecule has 0 aromatic heterocycles. The molecule has 314 valence electrons. The second-order valence-corrected chi connectivity index (χ2v) is 16.0. The molecule has 0 radical (unpaired) electrons. The quantitative estimate of drug-likeness (QED) is 0.179. The molecule has 16 heteroatoms. The first-order valence-corrected chi connectivity index (χ1v) is 19.6. The van der Waals surface area contributed by atoms with Gasteiger partial charge in [-0.25, -0.2) is 0 Å². The number of hydrogen-bond donors (Lipinski definition) is 4. The lowest BCUT2D eigenvalue weighted by atomic mass is 9.67. The fourth-order valence-corrected chi connectivity index (χ4v) is 9.00. The third-order valence-corrected chi connectivity index (χ3v) is 12.2. The van der Waals surface area contributed by atoms with E-state index in [4.69, 9.17) is 33.2 Å². The molecule has 12 atom stereocenters. The largest absolute Gasteiger partial charge is 0.507 e. The van der Waals surface area contributed by atoms with Crippen LogP contribution in [-0.4, -0.2) is 131 Å². The van der Waals surface area contributed by atoms with Gasteiger partial charge in [-0.3, -0.25) is 19.2 Å². The Morgan fingerprint density at radius 3 is 2.19 bits per heavy atom. The fourth-order valence-electron chi connectivity index (χ4n) is 9.00. The van der Waals surface area contributed by atoms with E-state index in [1.54, 1.807) is 19.9 Å². The number of ketones is 3. The Morgan fingerprint density at radius 2 is 1.57 bits per heavy atom. The van der Waals surface area contributed by atoms with Crippen LogP contribution >= 0.6 is 0 Å². The number of aliphatic hydroxyl groups is 1. The van der Waals surface area contributed by atoms with Crippen LogP contribution in [0.2, 0.25) is 0 Å². The first-order valence-electron chi connectivity index (χ1n) is 19.6. The molecule has 58 heavy (non-hydrogen) atoms. The van der Waals surface area contributed by atoms with Crippen LogP contribution in [0.4, 0.5) is 0 Å². The maximum atomic E-state index is 14.0. The average Bonchev–Trinajstić information content (AvgIpc) is 3.17. The Labute approximate surface area is 335 Å². The summed E-state index contributed by atoms with van der Waals surface area (Å²) in [5.74, 6) is -5.90. The third kappa shape index (κ3) is 7.34. The van der Waals surface area contributed by atoms with E-state index in [2.05, 4.69) is 0 Å². The standard InChI is InChI=1S/C42H51NO15/c1-8-42(51)17-28(32-21(36(42)41(50)52-7)15-22-33(38(32)48)39(49)35-26(46)10-9-25(45)34(35)37(22)47)57-31-16-23(43(5)6)40(20(4)55-31)58-30-14-12-27(19(3)54-30)56-29-13-11-24(44)18(2)53-29/h9-11,13,15,18-20,23,27-31,36,40,45-46,48,51H,8,12,14,16-17H2,1-7H3/t18-,19-,20+,23-,27+,28+,29+,30+,31-,36+,40+,42+/m0/s1. The number of ether oxygens (including phenoxy) is 7. The first-order chi connectivity index (χ1) is 27.5. The summed E-state index contributed by atoms with van der Waals surface area (Å²) in [5.41, 5.74) is -3.45. The number of hydrogen-bond acceptors (Lipinski definition) is 16. The van der Waals surface area contributed by atoms with Gasteiger partial charge in [0.1, 0.15) is 35.4 Å². The molecule has 0 amide bonds. The molecular formula is C42H51NO15. The first kappa shape index (κ1) is 41.9. The number of carbonyl (C=O) groups excluding carboxylic acids is 4. The van der Waals surface area contributed by atoms with Gasteiger partial charge in [-0.2, -0.15) is 0 Å². The molecule has 5 aliphatic rings. The summed E-state index contributed by atoms with van der Waals surface area (Å²) in [6.07, 6.45) is -1.32. The molecule has 0 unspecified atom stereocenters. The zero-order valence-electron chi connectivity index (χ0n) is 33.5. The minimum absolute atomic E-state index is 0.0101. The highest BCUT2D eigenvalue weighted by Crippen LogP contribution is 2.54. The maximum absolute atomic E-state index is 14.0. The molecule has 2 saturated heterocycles. The summed E-state index contributed by atoms with van der Waals surface area (Å²) in [6.45, 7) is 7.09. The summed E-state index contributed by atoms with van der Waals surface area (Å²) in [6, 6.07) is 3.13. The lowest BCUT2D eigenvalue weighted by Gasteiger charge is -2.48. The number of nitrogens with zero attached hydrogens (tertiary/aromatic N) is 1. The number of methoxy groups -OCH3 is 1. The predicted octanol–water partition coefficient (Wildman–Crippen LogP) is 3.67. The summed E-state index contributed by atoms with van der Waals surface area (Å²) in [4.78, 5) is 55.0. The molecule has 0 saturated carbocycles. The smallest absolute Gasteiger partial charge is 0.316 e. The monoisotopic (exact) mass is 809 g/mol. The summed E-state index contributed by atoms with van der Waals surface area (Å²) < 4.78 is 42.8. The van der Waals surface area contributed by atoms with Gasteiger partial charge in [-0.05, 0) is 83.6 Å². The van der Waals surface area contributed by atoms with Crippen molar-refractivity contribution >= 4 is 23.3 Å². The minimum atomic E-state index is -1.79. The van der Waals surface area contributed by atoms with Crippen molar-refractivity contribution in [3.8, 4) is 17.2 Å². The van der Waals surface area contributed by atoms with Gasteiger partial charge in [0.25, 0.3) is 0 Å². The third-order valence-electron chi connectivity index (χ3n) is 12.2. The highest BCUT2D eigenvalue weighted by atomic mass is 16.7. The van der Waals surface area contributed by atoms with Crippen molar-refractivity contribution in [3.05, 3.63) is 63.7 Å². The molecule has 0 bridgehead atoms. The van der Waals surface area contributed by atoms with Crippen LogP contribution in [0.1, 0.15) is 115 Å². The molecule has 4 N–H and O–H groups in total. The molecule has 2 aromatic rings. The second-order valence-electron chi connectivity index (χ2n) is 16.0. The fraction of sp³-hybridized carbons (Fsp3) is 0.571. The molecule has 2 aromatic carbocycles. The number of carbonyl (C=O) groups is 4. The van der Waals surface area contributed by atoms with Crippen LogP contribution in [0.25, 0.3) is 0 Å². The Kier molecular flexibility index (Phi) is 11.6. The molecule has 3 aliphatic heterocycles. The van der Waals surface area contributed by atoms with Gasteiger partial charge in [0.15, 0.2) is 30.4 Å². The van der Waals surface area contributed by atoms with Gasteiger partial charge in [0.05, 0.1) is 53.8 Å². The number of fused-ring (bicyclic) bond motifs is 3. The predicted molar refractivity (Wildman–Crippen MR) is 201 cm³/mol. The zero-order valence-corrected chi connectivity index (χ0v) is 33.5. The SMILES string of the molecule is CC[C@@]1(O)C[C@@H](O[C@H]2C[C@H](N(C)C)[C@H](O[C@@H]3CC[C@@H](O[C@@H]4C=CC(=O)[C@H](C)O4)[C@H](C)O3)[C@@H](C)O2)c2c(cc3c(c2O)C(=O)c2c(O)ccc(O)c2C3=O)[C@@H]1C(=O)OC. The van der Waals surface area contributed by atoms with Crippen LogP contribution in [0.3, 0.4) is 0 Å². The van der Waals surface area contributed by atoms with Gasteiger partial charge in [-0.15, -0.1) is 0 Å². The van der Waals surface area contributed by atoms with E-state index in [-0.39, 0.29) is 60.0 Å². The van der Waals surface area contributed by atoms with Crippen molar-refractivity contribution in [1.29, 1.82) is 0 Å². The van der Waals surface area contributed by atoms with Crippen molar-refractivity contribution in [2.45, 2.75) is 133 Å². The van der Waals surface area contributed by atoms with Crippen molar-refractivity contribution in [2.75, 3.05) is 21.2 Å². The van der Waals surface area contributed by atoms with Crippen LogP contribution in [0.15, 0.2) is 30.4 Å². The number of phenols is 3. The van der Waals surface area contributed by atoms with E-state index in [0.717, 1.165) is 19.2 Å². The lowest BCUT2D eigenvalue weighted by Crippen LogP contribution is -2.57. The van der Waals surface area contributed by atoms with Crippen LogP contribution in [0, 0.1) is 0 Å². The molecule has 2 aliphatic carbocycles. The summed E-state index contributed by atoms with van der Waals surface area (Å²) in [5, 5.41) is 45.3. The van der Waals surface area contributed by atoms with Gasteiger partial charge in [0, 0.05) is 36.4 Å². The number of aromatic hydroxyl groups is 3. The number of phenolic OH excluding ortho intramolecular Hbond substituents is 3. The van der Waals surface area contributed by atoms with Gasteiger partial charge >= 0.3 is 5.97 Å². The van der Waals surface area contributed by atoms with E-state index in [1.807, 2.05) is 32.8 Å². The highest BCUT2D eigenvalue weighted by molar-refractivity contribution is 6.31. The Morgan fingerprint density at radius 1 is 0.897 bits per heavy atom. The molecular weight excluding hydrogens is 758 g/mol. The summed E-state index contributed by atoms with van der Waals surface area (Å²) >= 11 is 0.